The molecule has 0 heterocycles. The van der Waals surface area contributed by atoms with Crippen LogP contribution >= 0.6 is 11.6 Å². The molecule has 1 atom stereocenters. The van der Waals surface area contributed by atoms with Gasteiger partial charge in [-0.2, -0.15) is 13.2 Å². The Morgan fingerprint density at radius 2 is 1.94 bits per heavy atom. The molecule has 0 aliphatic carbocycles. The molecule has 2 N–H and O–H groups in total. The highest BCUT2D eigenvalue weighted by Crippen LogP contribution is 2.23. The molecule has 0 saturated carbocycles. The number of alkyl halides is 3. The Morgan fingerprint density at radius 1 is 1.31 bits per heavy atom. The molecule has 1 rings (SSSR count). The van der Waals surface area contributed by atoms with Crippen molar-refractivity contribution in [3.63, 3.8) is 0 Å². The smallest absolute Gasteiger partial charge is 0.320 e. The van der Waals surface area contributed by atoms with E-state index in [0.717, 1.165) is 6.07 Å². The number of aryl methyl sites for hydroxylation is 1. The van der Waals surface area contributed by atoms with Crippen LogP contribution in [0.4, 0.5) is 17.6 Å². The number of nitrogens with two attached hydrogens (primary N) is 1. The van der Waals surface area contributed by atoms with E-state index in [4.69, 9.17) is 17.3 Å². The quantitative estimate of drug-likeness (QED) is 0.824. The second kappa shape index (κ2) is 5.01. The Balaban J connectivity index is 2.58. The van der Waals surface area contributed by atoms with Crippen LogP contribution in [0.2, 0.25) is 5.02 Å². The lowest BCUT2D eigenvalue weighted by Crippen LogP contribution is -2.37. The molecule has 0 aliphatic heterocycles. The SMILES string of the molecule is NC(CCc1ccc(F)c(Cl)c1)C(F)(F)F. The Kier molecular flexibility index (Phi) is 4.15. The molecule has 90 valence electrons. The summed E-state index contributed by atoms with van der Waals surface area (Å²) in [6, 6.07) is 1.96. The van der Waals surface area contributed by atoms with E-state index in [1.807, 2.05) is 0 Å². The van der Waals surface area contributed by atoms with E-state index >= 15 is 0 Å². The Bertz CT molecular complexity index is 364. The second-order valence-electron chi connectivity index (χ2n) is 3.44. The van der Waals surface area contributed by atoms with Crippen LogP contribution in [-0.4, -0.2) is 12.2 Å². The minimum atomic E-state index is -4.40. The van der Waals surface area contributed by atoms with Gasteiger partial charge in [-0.25, -0.2) is 4.39 Å². The summed E-state index contributed by atoms with van der Waals surface area (Å²) < 4.78 is 49.0. The van der Waals surface area contributed by atoms with Crippen molar-refractivity contribution in [2.45, 2.75) is 25.1 Å². The standard InChI is InChI=1S/C10H10ClF4N/c11-7-5-6(1-3-8(7)12)2-4-9(16)10(13,14)15/h1,3,5,9H,2,4,16H2. The third-order valence-corrected chi connectivity index (χ3v) is 2.44. The van der Waals surface area contributed by atoms with Crippen LogP contribution in [0.1, 0.15) is 12.0 Å². The van der Waals surface area contributed by atoms with E-state index in [2.05, 4.69) is 0 Å². The molecule has 16 heavy (non-hydrogen) atoms. The first-order chi connectivity index (χ1) is 7.30. The van der Waals surface area contributed by atoms with Gasteiger partial charge < -0.3 is 5.73 Å². The molecular weight excluding hydrogens is 246 g/mol. The highest BCUT2D eigenvalue weighted by atomic mass is 35.5. The predicted molar refractivity (Wildman–Crippen MR) is 53.8 cm³/mol. The molecule has 0 saturated heterocycles. The normalized spacial score (nSPS) is 13.9. The van der Waals surface area contributed by atoms with Crippen LogP contribution in [-0.2, 0) is 6.42 Å². The number of rotatable bonds is 3. The summed E-state index contributed by atoms with van der Waals surface area (Å²) in [6.07, 6.45) is -4.53. The monoisotopic (exact) mass is 255 g/mol. The van der Waals surface area contributed by atoms with Crippen LogP contribution in [0.5, 0.6) is 0 Å². The fraction of sp³-hybridized carbons (Fsp3) is 0.400. The highest BCUT2D eigenvalue weighted by Gasteiger charge is 2.35. The predicted octanol–water partition coefficient (Wildman–Crippen LogP) is 3.30. The van der Waals surface area contributed by atoms with Gasteiger partial charge in [0.25, 0.3) is 0 Å². The summed E-state index contributed by atoms with van der Waals surface area (Å²) in [7, 11) is 0. The molecule has 1 aromatic carbocycles. The zero-order valence-electron chi connectivity index (χ0n) is 8.19. The molecule has 0 spiro atoms. The van der Waals surface area contributed by atoms with Gasteiger partial charge in [0.05, 0.1) is 5.02 Å². The lowest BCUT2D eigenvalue weighted by Gasteiger charge is -2.15. The summed E-state index contributed by atoms with van der Waals surface area (Å²) in [6.45, 7) is 0. The average molecular weight is 256 g/mol. The summed E-state index contributed by atoms with van der Waals surface area (Å²) in [5, 5.41) is -0.0990. The van der Waals surface area contributed by atoms with Crippen molar-refractivity contribution >= 4 is 11.6 Å². The number of hydrogen-bond donors (Lipinski definition) is 1. The molecule has 0 amide bonds. The van der Waals surface area contributed by atoms with E-state index in [1.165, 1.54) is 12.1 Å². The maximum absolute atomic E-state index is 12.8. The average Bonchev–Trinajstić information content (AvgIpc) is 2.18. The molecule has 0 fully saturated rings. The fourth-order valence-electron chi connectivity index (χ4n) is 1.18. The van der Waals surface area contributed by atoms with Crippen LogP contribution in [0, 0.1) is 5.82 Å². The Hall–Kier alpha value is -0.810. The molecule has 0 aromatic heterocycles. The molecule has 1 aromatic rings. The number of halogens is 5. The van der Waals surface area contributed by atoms with Crippen LogP contribution in [0.15, 0.2) is 18.2 Å². The third-order valence-electron chi connectivity index (χ3n) is 2.15. The van der Waals surface area contributed by atoms with Gasteiger partial charge >= 0.3 is 6.18 Å². The lowest BCUT2D eigenvalue weighted by atomic mass is 10.1. The first-order valence-electron chi connectivity index (χ1n) is 4.57. The zero-order chi connectivity index (χ0) is 12.3. The van der Waals surface area contributed by atoms with Gasteiger partial charge in [-0.1, -0.05) is 17.7 Å². The highest BCUT2D eigenvalue weighted by molar-refractivity contribution is 6.30. The summed E-state index contributed by atoms with van der Waals surface area (Å²) in [5.74, 6) is -0.592. The molecule has 6 heteroatoms. The van der Waals surface area contributed by atoms with Gasteiger partial charge in [-0.15, -0.1) is 0 Å². The van der Waals surface area contributed by atoms with Gasteiger partial charge in [0.15, 0.2) is 0 Å². The summed E-state index contributed by atoms with van der Waals surface area (Å²) in [4.78, 5) is 0. The first-order valence-corrected chi connectivity index (χ1v) is 4.94. The molecule has 0 bridgehead atoms. The van der Waals surface area contributed by atoms with Gasteiger partial charge in [-0.05, 0) is 30.5 Å². The topological polar surface area (TPSA) is 26.0 Å². The van der Waals surface area contributed by atoms with Gasteiger partial charge in [0, 0.05) is 0 Å². The largest absolute Gasteiger partial charge is 0.403 e. The van der Waals surface area contributed by atoms with Crippen molar-refractivity contribution in [3.8, 4) is 0 Å². The zero-order valence-corrected chi connectivity index (χ0v) is 8.95. The number of hydrogen-bond acceptors (Lipinski definition) is 1. The van der Waals surface area contributed by atoms with E-state index in [0.29, 0.717) is 5.56 Å². The summed E-state index contributed by atoms with van der Waals surface area (Å²) in [5.41, 5.74) is 5.47. The molecule has 1 unspecified atom stereocenters. The Labute approximate surface area is 95.2 Å². The molecule has 1 nitrogen and oxygen atoms in total. The van der Waals surface area contributed by atoms with Crippen LogP contribution in [0.3, 0.4) is 0 Å². The van der Waals surface area contributed by atoms with E-state index in [1.54, 1.807) is 0 Å². The third kappa shape index (κ3) is 3.64. The van der Waals surface area contributed by atoms with Gasteiger partial charge in [0.2, 0.25) is 0 Å². The molecule has 0 aliphatic rings. The first kappa shape index (κ1) is 13.3. The van der Waals surface area contributed by atoms with Crippen molar-refractivity contribution in [1.29, 1.82) is 0 Å². The van der Waals surface area contributed by atoms with E-state index in [9.17, 15) is 17.6 Å². The Morgan fingerprint density at radius 3 is 2.44 bits per heavy atom. The van der Waals surface area contributed by atoms with Crippen molar-refractivity contribution in [2.75, 3.05) is 0 Å². The van der Waals surface area contributed by atoms with Gasteiger partial charge in [-0.3, -0.25) is 0 Å². The van der Waals surface area contributed by atoms with Gasteiger partial charge in [0.1, 0.15) is 11.9 Å². The second-order valence-corrected chi connectivity index (χ2v) is 3.84. The summed E-state index contributed by atoms with van der Waals surface area (Å²) >= 11 is 5.49. The maximum atomic E-state index is 12.8. The van der Waals surface area contributed by atoms with E-state index < -0.39 is 18.0 Å². The van der Waals surface area contributed by atoms with Crippen molar-refractivity contribution in [2.24, 2.45) is 5.73 Å². The minimum Gasteiger partial charge on any atom is -0.320 e. The molecular formula is C10H10ClF4N. The molecule has 0 radical (unpaired) electrons. The maximum Gasteiger partial charge on any atom is 0.403 e. The van der Waals surface area contributed by atoms with Crippen molar-refractivity contribution in [1.82, 2.24) is 0 Å². The van der Waals surface area contributed by atoms with E-state index in [-0.39, 0.29) is 17.9 Å². The van der Waals surface area contributed by atoms with Crippen molar-refractivity contribution in [3.05, 3.63) is 34.6 Å². The number of benzene rings is 1. The van der Waals surface area contributed by atoms with Crippen LogP contribution in [0.25, 0.3) is 0 Å². The fourth-order valence-corrected chi connectivity index (χ4v) is 1.38. The van der Waals surface area contributed by atoms with Crippen LogP contribution < -0.4 is 5.73 Å². The minimum absolute atomic E-state index is 0.0990. The lowest BCUT2D eigenvalue weighted by molar-refractivity contribution is -0.148. The van der Waals surface area contributed by atoms with Crippen molar-refractivity contribution < 1.29 is 17.6 Å².